The van der Waals surface area contributed by atoms with Gasteiger partial charge in [-0.3, -0.25) is 0 Å². The molecule has 1 heterocycles. The molecule has 0 atom stereocenters. The second-order valence-electron chi connectivity index (χ2n) is 4.16. The minimum atomic E-state index is -0.457. The van der Waals surface area contributed by atoms with Crippen LogP contribution in [0.1, 0.15) is 25.7 Å². The van der Waals surface area contributed by atoms with E-state index >= 15 is 0 Å². The van der Waals surface area contributed by atoms with Crippen LogP contribution in [-0.4, -0.2) is 19.9 Å². The molecule has 0 aliphatic rings. The van der Waals surface area contributed by atoms with E-state index in [1.54, 1.807) is 10.6 Å². The fourth-order valence-electron chi connectivity index (χ4n) is 1.86. The first kappa shape index (κ1) is 13.0. The number of rotatable bonds is 3. The summed E-state index contributed by atoms with van der Waals surface area (Å²) in [6.45, 7) is 3.55. The number of aromatic nitrogens is 3. The van der Waals surface area contributed by atoms with Gasteiger partial charge in [-0.1, -0.05) is 17.7 Å². The Morgan fingerprint density at radius 1 is 1.39 bits per heavy atom. The number of benzene rings is 1. The Morgan fingerprint density at radius 2 is 2.11 bits per heavy atom. The van der Waals surface area contributed by atoms with E-state index in [0.717, 1.165) is 0 Å². The fourth-order valence-corrected chi connectivity index (χ4v) is 2.10. The molecule has 0 amide bonds. The number of halogens is 2. The third kappa shape index (κ3) is 2.11. The van der Waals surface area contributed by atoms with E-state index in [0.29, 0.717) is 11.6 Å². The highest BCUT2D eigenvalue weighted by molar-refractivity contribution is 6.33. The molecule has 0 saturated carbocycles. The average Bonchev–Trinajstić information content (AvgIpc) is 2.72. The lowest BCUT2D eigenvalue weighted by Gasteiger charge is -2.14. The van der Waals surface area contributed by atoms with Gasteiger partial charge in [0.25, 0.3) is 0 Å². The molecule has 1 aromatic heterocycles. The highest BCUT2D eigenvalue weighted by atomic mass is 35.5. The van der Waals surface area contributed by atoms with Gasteiger partial charge in [0.2, 0.25) is 0 Å². The Labute approximate surface area is 109 Å². The molecule has 18 heavy (non-hydrogen) atoms. The van der Waals surface area contributed by atoms with E-state index in [1.807, 2.05) is 13.8 Å². The van der Waals surface area contributed by atoms with E-state index in [2.05, 4.69) is 10.2 Å². The molecule has 4 nitrogen and oxygen atoms in total. The molecule has 0 bridgehead atoms. The second-order valence-corrected chi connectivity index (χ2v) is 4.57. The molecule has 0 saturated heterocycles. The molecule has 2 aromatic rings. The van der Waals surface area contributed by atoms with Crippen molar-refractivity contribution < 1.29 is 9.50 Å². The molecular formula is C12H13ClFN3O. The summed E-state index contributed by atoms with van der Waals surface area (Å²) in [5, 5.41) is 17.3. The van der Waals surface area contributed by atoms with Gasteiger partial charge in [0.05, 0.1) is 10.6 Å². The summed E-state index contributed by atoms with van der Waals surface area (Å²) in [6.07, 6.45) is 0. The molecule has 0 aliphatic heterocycles. The van der Waals surface area contributed by atoms with Gasteiger partial charge in [-0.25, -0.2) is 4.39 Å². The standard InChI is InChI=1S/C12H13ClFN3O/c1-7(2)17-10(6-18)15-16-12(17)11-8(13)4-3-5-9(11)14/h3-5,7,18H,6H2,1-2H3. The average molecular weight is 270 g/mol. The van der Waals surface area contributed by atoms with E-state index in [9.17, 15) is 9.50 Å². The van der Waals surface area contributed by atoms with Gasteiger partial charge < -0.3 is 9.67 Å². The van der Waals surface area contributed by atoms with Gasteiger partial charge in [0.1, 0.15) is 12.4 Å². The minimum absolute atomic E-state index is 0.00665. The maximum absolute atomic E-state index is 13.9. The van der Waals surface area contributed by atoms with Gasteiger partial charge in [-0.15, -0.1) is 10.2 Å². The molecule has 0 radical (unpaired) electrons. The molecule has 0 aliphatic carbocycles. The lowest BCUT2D eigenvalue weighted by atomic mass is 10.2. The summed E-state index contributed by atoms with van der Waals surface area (Å²) in [7, 11) is 0. The zero-order valence-electron chi connectivity index (χ0n) is 10.1. The zero-order chi connectivity index (χ0) is 13.3. The normalized spacial score (nSPS) is 11.2. The number of aliphatic hydroxyl groups excluding tert-OH is 1. The van der Waals surface area contributed by atoms with Crippen molar-refractivity contribution in [2.75, 3.05) is 0 Å². The number of hydrogen-bond acceptors (Lipinski definition) is 3. The molecule has 0 fully saturated rings. The highest BCUT2D eigenvalue weighted by Gasteiger charge is 2.20. The minimum Gasteiger partial charge on any atom is -0.388 e. The number of nitrogens with zero attached hydrogens (tertiary/aromatic N) is 3. The summed E-state index contributed by atoms with van der Waals surface area (Å²) in [5.41, 5.74) is 0.208. The van der Waals surface area contributed by atoms with E-state index < -0.39 is 5.82 Å². The lowest BCUT2D eigenvalue weighted by Crippen LogP contribution is -2.08. The van der Waals surface area contributed by atoms with Crippen molar-refractivity contribution in [1.82, 2.24) is 14.8 Å². The van der Waals surface area contributed by atoms with Gasteiger partial charge >= 0.3 is 0 Å². The van der Waals surface area contributed by atoms with Gasteiger partial charge in [0, 0.05) is 6.04 Å². The van der Waals surface area contributed by atoms with Crippen molar-refractivity contribution in [2.45, 2.75) is 26.5 Å². The summed E-state index contributed by atoms with van der Waals surface area (Å²) in [4.78, 5) is 0. The van der Waals surface area contributed by atoms with Crippen LogP contribution in [0.5, 0.6) is 0 Å². The van der Waals surface area contributed by atoms with Gasteiger partial charge in [-0.05, 0) is 26.0 Å². The van der Waals surface area contributed by atoms with Crippen LogP contribution < -0.4 is 0 Å². The molecular weight excluding hydrogens is 257 g/mol. The maximum atomic E-state index is 13.9. The van der Waals surface area contributed by atoms with Crippen molar-refractivity contribution in [1.29, 1.82) is 0 Å². The van der Waals surface area contributed by atoms with Crippen LogP contribution >= 0.6 is 11.6 Å². The van der Waals surface area contributed by atoms with Crippen molar-refractivity contribution in [3.63, 3.8) is 0 Å². The molecule has 1 aromatic carbocycles. The second kappa shape index (κ2) is 5.04. The van der Waals surface area contributed by atoms with Gasteiger partial charge in [-0.2, -0.15) is 0 Å². The largest absolute Gasteiger partial charge is 0.388 e. The predicted octanol–water partition coefficient (Wildman–Crippen LogP) is 2.81. The van der Waals surface area contributed by atoms with E-state index in [-0.39, 0.29) is 23.2 Å². The fraction of sp³-hybridized carbons (Fsp3) is 0.333. The summed E-state index contributed by atoms with van der Waals surface area (Å²) >= 11 is 6.01. The van der Waals surface area contributed by atoms with Crippen LogP contribution in [0.25, 0.3) is 11.4 Å². The highest BCUT2D eigenvalue weighted by Crippen LogP contribution is 2.31. The van der Waals surface area contributed by atoms with E-state index in [1.165, 1.54) is 12.1 Å². The lowest BCUT2D eigenvalue weighted by molar-refractivity contribution is 0.262. The monoisotopic (exact) mass is 269 g/mol. The van der Waals surface area contributed by atoms with Crippen LogP contribution in [0.15, 0.2) is 18.2 Å². The molecule has 96 valence electrons. The third-order valence-corrected chi connectivity index (χ3v) is 2.93. The summed E-state index contributed by atoms with van der Waals surface area (Å²) < 4.78 is 15.5. The maximum Gasteiger partial charge on any atom is 0.168 e. The molecule has 6 heteroatoms. The van der Waals surface area contributed by atoms with E-state index in [4.69, 9.17) is 11.6 Å². The molecule has 1 N–H and O–H groups in total. The first-order valence-electron chi connectivity index (χ1n) is 5.55. The van der Waals surface area contributed by atoms with Crippen molar-refractivity contribution >= 4 is 11.6 Å². The van der Waals surface area contributed by atoms with Crippen molar-refractivity contribution in [3.05, 3.63) is 34.9 Å². The predicted molar refractivity (Wildman–Crippen MR) is 66.7 cm³/mol. The Hall–Kier alpha value is -1.46. The Kier molecular flexibility index (Phi) is 3.63. The molecule has 0 spiro atoms. The van der Waals surface area contributed by atoms with Gasteiger partial charge in [0.15, 0.2) is 11.6 Å². The summed E-state index contributed by atoms with van der Waals surface area (Å²) in [5.74, 6) is 0.262. The first-order chi connectivity index (χ1) is 8.56. The van der Waals surface area contributed by atoms with Crippen LogP contribution in [0.4, 0.5) is 4.39 Å². The molecule has 0 unspecified atom stereocenters. The Morgan fingerprint density at radius 3 is 2.67 bits per heavy atom. The topological polar surface area (TPSA) is 50.9 Å². The SMILES string of the molecule is CC(C)n1c(CO)nnc1-c1c(F)cccc1Cl. The quantitative estimate of drug-likeness (QED) is 0.932. The number of hydrogen-bond donors (Lipinski definition) is 1. The van der Waals surface area contributed by atoms with Crippen LogP contribution in [0, 0.1) is 5.82 Å². The summed E-state index contributed by atoms with van der Waals surface area (Å²) in [6, 6.07) is 4.44. The van der Waals surface area contributed by atoms with Crippen molar-refractivity contribution in [2.24, 2.45) is 0 Å². The van der Waals surface area contributed by atoms with Crippen LogP contribution in [0.3, 0.4) is 0 Å². The Bertz CT molecular complexity index is 548. The third-order valence-electron chi connectivity index (χ3n) is 2.61. The number of aliphatic hydroxyl groups is 1. The van der Waals surface area contributed by atoms with Crippen molar-refractivity contribution in [3.8, 4) is 11.4 Å². The Balaban J connectivity index is 2.68. The van der Waals surface area contributed by atoms with Crippen LogP contribution in [-0.2, 0) is 6.61 Å². The molecule has 2 rings (SSSR count). The smallest absolute Gasteiger partial charge is 0.168 e. The zero-order valence-corrected chi connectivity index (χ0v) is 10.8. The van der Waals surface area contributed by atoms with Crippen LogP contribution in [0.2, 0.25) is 5.02 Å². The first-order valence-corrected chi connectivity index (χ1v) is 5.93.